The van der Waals surface area contributed by atoms with Crippen LogP contribution in [-0.2, 0) is 6.42 Å². The smallest absolute Gasteiger partial charge is 0.0175 e. The molecule has 4 aromatic rings. The first-order valence-corrected chi connectivity index (χ1v) is 7.84. The summed E-state index contributed by atoms with van der Waals surface area (Å²) in [7, 11) is 0. The van der Waals surface area contributed by atoms with Crippen molar-refractivity contribution in [3.05, 3.63) is 110 Å². The minimum atomic E-state index is 0.890. The van der Waals surface area contributed by atoms with Crippen LogP contribution in [0.15, 0.2) is 84.9 Å². The first-order chi connectivity index (χ1) is 11.3. The Morgan fingerprint density at radius 3 is 1.74 bits per heavy atom. The highest BCUT2D eigenvalue weighted by Gasteiger charge is 1.97. The molecule has 2 radical (unpaired) electrons. The van der Waals surface area contributed by atoms with Crippen LogP contribution in [-0.4, -0.2) is 0 Å². The summed E-state index contributed by atoms with van der Waals surface area (Å²) in [6.07, 6.45) is 0.890. The largest absolute Gasteiger partial charge is 0.0622 e. The van der Waals surface area contributed by atoms with Gasteiger partial charge in [-0.3, -0.25) is 0 Å². The minimum absolute atomic E-state index is 0.890. The van der Waals surface area contributed by atoms with Crippen LogP contribution in [0.2, 0.25) is 0 Å². The van der Waals surface area contributed by atoms with Gasteiger partial charge in [-0.25, -0.2) is 0 Å². The van der Waals surface area contributed by atoms with E-state index in [1.807, 2.05) is 18.2 Å². The second-order valence-electron chi connectivity index (χ2n) is 5.62. The second-order valence-corrected chi connectivity index (χ2v) is 5.62. The Kier molecular flexibility index (Phi) is 4.73. The maximum atomic E-state index is 3.95. The molecule has 0 amide bonds. The van der Waals surface area contributed by atoms with E-state index in [1.54, 1.807) is 0 Å². The van der Waals surface area contributed by atoms with E-state index in [1.165, 1.54) is 27.1 Å². The van der Waals surface area contributed by atoms with Crippen molar-refractivity contribution in [1.82, 2.24) is 0 Å². The lowest BCUT2D eigenvalue weighted by Crippen LogP contribution is -1.77. The molecule has 0 aliphatic carbocycles. The molecular weight excluding hydrogens is 276 g/mol. The number of benzene rings is 4. The molecule has 23 heavy (non-hydrogen) atoms. The van der Waals surface area contributed by atoms with Crippen LogP contribution in [0.1, 0.15) is 11.1 Å². The molecule has 4 rings (SSSR count). The van der Waals surface area contributed by atoms with Crippen molar-refractivity contribution in [2.45, 2.75) is 6.42 Å². The van der Waals surface area contributed by atoms with Crippen LogP contribution in [0.4, 0.5) is 0 Å². The summed E-state index contributed by atoms with van der Waals surface area (Å²) >= 11 is 0. The van der Waals surface area contributed by atoms with Gasteiger partial charge in [0.05, 0.1) is 0 Å². The van der Waals surface area contributed by atoms with E-state index in [9.17, 15) is 0 Å². The molecule has 0 N–H and O–H groups in total. The molecule has 0 unspecified atom stereocenters. The molecule has 0 aromatic heterocycles. The molecule has 0 heterocycles. The van der Waals surface area contributed by atoms with Crippen LogP contribution in [0, 0.1) is 13.8 Å². The predicted octanol–water partition coefficient (Wildman–Crippen LogP) is 6.24. The number of hydrogen-bond acceptors (Lipinski definition) is 0. The summed E-state index contributed by atoms with van der Waals surface area (Å²) in [5.74, 6) is 0. The molecule has 4 aromatic carbocycles. The molecule has 0 saturated heterocycles. The van der Waals surface area contributed by atoms with Crippen LogP contribution < -0.4 is 0 Å². The molecule has 112 valence electrons. The van der Waals surface area contributed by atoms with Crippen molar-refractivity contribution in [3.63, 3.8) is 0 Å². The van der Waals surface area contributed by atoms with Crippen LogP contribution in [0.3, 0.4) is 0 Å². The maximum absolute atomic E-state index is 3.95. The Bertz CT molecular complexity index is 905. The summed E-state index contributed by atoms with van der Waals surface area (Å²) in [5, 5.41) is 5.12. The van der Waals surface area contributed by atoms with Gasteiger partial charge in [0.15, 0.2) is 0 Å². The zero-order valence-corrected chi connectivity index (χ0v) is 13.2. The molecule has 0 atom stereocenters. The lowest BCUT2D eigenvalue weighted by atomic mass is 10.0. The first-order valence-electron chi connectivity index (χ1n) is 7.84. The van der Waals surface area contributed by atoms with Gasteiger partial charge < -0.3 is 0 Å². The fraction of sp³-hybridized carbons (Fsp3) is 0.0435. The van der Waals surface area contributed by atoms with E-state index in [0.717, 1.165) is 12.0 Å². The Balaban J connectivity index is 0.000000166. The van der Waals surface area contributed by atoms with Gasteiger partial charge in [0.1, 0.15) is 0 Å². The summed E-state index contributed by atoms with van der Waals surface area (Å²) in [5.41, 5.74) is 2.37. The van der Waals surface area contributed by atoms with Crippen LogP contribution >= 0.6 is 0 Å². The van der Waals surface area contributed by atoms with Gasteiger partial charge in [0.2, 0.25) is 0 Å². The fourth-order valence-electron chi connectivity index (χ4n) is 2.63. The third-order valence-electron chi connectivity index (χ3n) is 3.90. The average Bonchev–Trinajstić information content (AvgIpc) is 2.61. The lowest BCUT2D eigenvalue weighted by molar-refractivity contribution is 1.27. The normalized spacial score (nSPS) is 10.3. The Labute approximate surface area is 138 Å². The van der Waals surface area contributed by atoms with E-state index in [4.69, 9.17) is 0 Å². The molecule has 0 bridgehead atoms. The monoisotopic (exact) mass is 296 g/mol. The molecule has 0 saturated carbocycles. The Morgan fingerprint density at radius 1 is 0.565 bits per heavy atom. The molecule has 0 heteroatoms. The maximum Gasteiger partial charge on any atom is -0.0175 e. The predicted molar refractivity (Wildman–Crippen MR) is 101 cm³/mol. The van der Waals surface area contributed by atoms with E-state index in [-0.39, 0.29) is 0 Å². The molecule has 0 aliphatic rings. The van der Waals surface area contributed by atoms with E-state index >= 15 is 0 Å². The number of fused-ring (bicyclic) bond motifs is 2. The van der Waals surface area contributed by atoms with Crippen molar-refractivity contribution in [1.29, 1.82) is 0 Å². The van der Waals surface area contributed by atoms with Crippen LogP contribution in [0.5, 0.6) is 0 Å². The summed E-state index contributed by atoms with van der Waals surface area (Å²) in [6, 6.07) is 29.4. The Hall–Kier alpha value is -2.60. The van der Waals surface area contributed by atoms with Crippen molar-refractivity contribution in [2.24, 2.45) is 0 Å². The topological polar surface area (TPSA) is 0 Å². The quantitative estimate of drug-likeness (QED) is 0.365. The Morgan fingerprint density at radius 2 is 1.13 bits per heavy atom. The molecule has 0 nitrogen and oxygen atoms in total. The SMILES string of the molecule is [CH2]Cc1ccccc1.[CH2]c1ccc2cc3ccccc3cc2c1. The summed E-state index contributed by atoms with van der Waals surface area (Å²) in [4.78, 5) is 0. The second kappa shape index (κ2) is 7.11. The number of rotatable bonds is 1. The fourth-order valence-corrected chi connectivity index (χ4v) is 2.63. The lowest BCUT2D eigenvalue weighted by Gasteiger charge is -2.02. The van der Waals surface area contributed by atoms with Gasteiger partial charge in [-0.15, -0.1) is 0 Å². The van der Waals surface area contributed by atoms with Gasteiger partial charge in [-0.1, -0.05) is 72.8 Å². The van der Waals surface area contributed by atoms with Gasteiger partial charge in [0.25, 0.3) is 0 Å². The van der Waals surface area contributed by atoms with Crippen LogP contribution in [0.25, 0.3) is 21.5 Å². The van der Waals surface area contributed by atoms with E-state index in [2.05, 4.69) is 80.6 Å². The zero-order valence-electron chi connectivity index (χ0n) is 13.2. The minimum Gasteiger partial charge on any atom is -0.0622 e. The van der Waals surface area contributed by atoms with Crippen molar-refractivity contribution < 1.29 is 0 Å². The van der Waals surface area contributed by atoms with E-state index < -0.39 is 0 Å². The van der Waals surface area contributed by atoms with Crippen molar-refractivity contribution >= 4 is 21.5 Å². The third-order valence-corrected chi connectivity index (χ3v) is 3.90. The number of hydrogen-bond donors (Lipinski definition) is 0. The molecule has 0 fully saturated rings. The van der Waals surface area contributed by atoms with Crippen molar-refractivity contribution in [2.75, 3.05) is 0 Å². The van der Waals surface area contributed by atoms with Gasteiger partial charge >= 0.3 is 0 Å². The van der Waals surface area contributed by atoms with Gasteiger partial charge in [-0.2, -0.15) is 0 Å². The third kappa shape index (κ3) is 3.78. The highest BCUT2D eigenvalue weighted by atomic mass is 14.0. The van der Waals surface area contributed by atoms with Gasteiger partial charge in [0, 0.05) is 0 Å². The molecule has 0 spiro atoms. The van der Waals surface area contributed by atoms with Gasteiger partial charge in [-0.05, 0) is 65.1 Å². The highest BCUT2D eigenvalue weighted by Crippen LogP contribution is 2.23. The summed E-state index contributed by atoms with van der Waals surface area (Å²) < 4.78 is 0. The standard InChI is InChI=1S/C15H11.C8H9/c1-11-6-7-14-9-12-4-2-3-5-13(12)10-15(14)8-11;1-2-8-6-4-3-5-7-8/h2-10H,1H2;3-7H,1-2H2. The van der Waals surface area contributed by atoms with E-state index in [0.29, 0.717) is 0 Å². The average molecular weight is 296 g/mol. The molecule has 0 aliphatic heterocycles. The summed E-state index contributed by atoms with van der Waals surface area (Å²) in [6.45, 7) is 7.71. The van der Waals surface area contributed by atoms with Crippen molar-refractivity contribution in [3.8, 4) is 0 Å². The zero-order chi connectivity index (χ0) is 16.1. The highest BCUT2D eigenvalue weighted by molar-refractivity contribution is 5.98. The first kappa shape index (κ1) is 15.3. The molecular formula is C23H20.